The first kappa shape index (κ1) is 14.1. The second-order valence-corrected chi connectivity index (χ2v) is 6.85. The molecule has 110 valence electrons. The fourth-order valence-corrected chi connectivity index (χ4v) is 3.92. The number of hydrogen-bond donors (Lipinski definition) is 0. The van der Waals surface area contributed by atoms with E-state index in [1.54, 1.807) is 11.1 Å². The molecule has 0 amide bonds. The van der Waals surface area contributed by atoms with Crippen LogP contribution in [0.5, 0.6) is 0 Å². The minimum absolute atomic E-state index is 0.809. The number of nitrogens with zero attached hydrogens (tertiary/aromatic N) is 2. The molecule has 1 saturated heterocycles. The van der Waals surface area contributed by atoms with E-state index in [0.717, 1.165) is 12.0 Å². The summed E-state index contributed by atoms with van der Waals surface area (Å²) in [6.45, 7) is 3.81. The SMILES string of the molecule is CN1CCC(N(C)CC2CCc3ccccc3C2)CC1. The fourth-order valence-electron chi connectivity index (χ4n) is 3.92. The summed E-state index contributed by atoms with van der Waals surface area (Å²) in [6.07, 6.45) is 6.62. The summed E-state index contributed by atoms with van der Waals surface area (Å²) in [5.74, 6) is 0.856. The van der Waals surface area contributed by atoms with E-state index < -0.39 is 0 Å². The lowest BCUT2D eigenvalue weighted by Gasteiger charge is -2.37. The molecule has 0 radical (unpaired) electrons. The largest absolute Gasteiger partial charge is 0.306 e. The molecule has 2 nitrogen and oxygen atoms in total. The number of benzene rings is 1. The number of rotatable bonds is 3. The lowest BCUT2D eigenvalue weighted by atomic mass is 9.83. The van der Waals surface area contributed by atoms with Crippen LogP contribution in [-0.4, -0.2) is 49.6 Å². The van der Waals surface area contributed by atoms with Crippen molar-refractivity contribution >= 4 is 0 Å². The molecule has 1 fully saturated rings. The van der Waals surface area contributed by atoms with Crippen molar-refractivity contribution in [3.8, 4) is 0 Å². The summed E-state index contributed by atoms with van der Waals surface area (Å²) in [6, 6.07) is 9.83. The molecule has 20 heavy (non-hydrogen) atoms. The van der Waals surface area contributed by atoms with Gasteiger partial charge in [0.1, 0.15) is 0 Å². The van der Waals surface area contributed by atoms with Crippen molar-refractivity contribution in [3.05, 3.63) is 35.4 Å². The van der Waals surface area contributed by atoms with Crippen LogP contribution in [0.25, 0.3) is 0 Å². The fraction of sp³-hybridized carbons (Fsp3) is 0.667. The Balaban J connectivity index is 1.54. The zero-order valence-electron chi connectivity index (χ0n) is 13.0. The van der Waals surface area contributed by atoms with Gasteiger partial charge in [-0.15, -0.1) is 0 Å². The Bertz CT molecular complexity index is 435. The van der Waals surface area contributed by atoms with Crippen LogP contribution in [0.2, 0.25) is 0 Å². The summed E-state index contributed by atoms with van der Waals surface area (Å²) in [7, 11) is 4.59. The molecule has 0 spiro atoms. The summed E-state index contributed by atoms with van der Waals surface area (Å²) >= 11 is 0. The topological polar surface area (TPSA) is 6.48 Å². The number of aryl methyl sites for hydroxylation is 1. The third kappa shape index (κ3) is 3.24. The van der Waals surface area contributed by atoms with Gasteiger partial charge < -0.3 is 9.80 Å². The Kier molecular flexibility index (Phi) is 4.42. The van der Waals surface area contributed by atoms with E-state index in [-0.39, 0.29) is 0 Å². The molecule has 1 aromatic rings. The van der Waals surface area contributed by atoms with E-state index in [0.29, 0.717) is 0 Å². The van der Waals surface area contributed by atoms with Crippen molar-refractivity contribution in [2.45, 2.75) is 38.1 Å². The molecule has 1 aliphatic heterocycles. The van der Waals surface area contributed by atoms with Crippen LogP contribution >= 0.6 is 0 Å². The third-order valence-corrected chi connectivity index (χ3v) is 5.31. The van der Waals surface area contributed by atoms with E-state index in [4.69, 9.17) is 0 Å². The highest BCUT2D eigenvalue weighted by Gasteiger charge is 2.24. The van der Waals surface area contributed by atoms with Crippen LogP contribution < -0.4 is 0 Å². The van der Waals surface area contributed by atoms with Crippen molar-refractivity contribution in [3.63, 3.8) is 0 Å². The zero-order valence-corrected chi connectivity index (χ0v) is 13.0. The molecule has 2 heteroatoms. The van der Waals surface area contributed by atoms with Crippen LogP contribution in [-0.2, 0) is 12.8 Å². The van der Waals surface area contributed by atoms with E-state index in [2.05, 4.69) is 48.2 Å². The van der Waals surface area contributed by atoms with Crippen LogP contribution in [0.3, 0.4) is 0 Å². The molecular formula is C18H28N2. The molecule has 1 heterocycles. The van der Waals surface area contributed by atoms with Gasteiger partial charge in [0.05, 0.1) is 0 Å². The molecular weight excluding hydrogens is 244 g/mol. The normalized spacial score (nSPS) is 24.9. The van der Waals surface area contributed by atoms with Gasteiger partial charge in [-0.25, -0.2) is 0 Å². The third-order valence-electron chi connectivity index (χ3n) is 5.31. The number of hydrogen-bond acceptors (Lipinski definition) is 2. The minimum atomic E-state index is 0.809. The van der Waals surface area contributed by atoms with Gasteiger partial charge in [0.25, 0.3) is 0 Å². The maximum absolute atomic E-state index is 2.64. The maximum atomic E-state index is 2.64. The molecule has 0 N–H and O–H groups in total. The molecule has 2 aliphatic rings. The Morgan fingerprint density at radius 2 is 1.80 bits per heavy atom. The Hall–Kier alpha value is -0.860. The first-order valence-electron chi connectivity index (χ1n) is 8.18. The second kappa shape index (κ2) is 6.28. The lowest BCUT2D eigenvalue weighted by Crippen LogP contribution is -2.44. The monoisotopic (exact) mass is 272 g/mol. The highest BCUT2D eigenvalue weighted by atomic mass is 15.2. The quantitative estimate of drug-likeness (QED) is 0.835. The van der Waals surface area contributed by atoms with Crippen molar-refractivity contribution in [1.82, 2.24) is 9.80 Å². The lowest BCUT2D eigenvalue weighted by molar-refractivity contribution is 0.126. The van der Waals surface area contributed by atoms with Gasteiger partial charge in [0.2, 0.25) is 0 Å². The molecule has 0 bridgehead atoms. The molecule has 0 saturated carbocycles. The summed E-state index contributed by atoms with van der Waals surface area (Å²) < 4.78 is 0. The average molecular weight is 272 g/mol. The summed E-state index contributed by atoms with van der Waals surface area (Å²) in [4.78, 5) is 5.10. The molecule has 1 atom stereocenters. The highest BCUT2D eigenvalue weighted by Crippen LogP contribution is 2.27. The van der Waals surface area contributed by atoms with E-state index in [1.165, 1.54) is 51.7 Å². The second-order valence-electron chi connectivity index (χ2n) is 6.85. The smallest absolute Gasteiger partial charge is 0.0117 e. The van der Waals surface area contributed by atoms with Crippen molar-refractivity contribution in [2.75, 3.05) is 33.7 Å². The van der Waals surface area contributed by atoms with Gasteiger partial charge >= 0.3 is 0 Å². The summed E-state index contributed by atoms with van der Waals surface area (Å²) in [5.41, 5.74) is 3.19. The van der Waals surface area contributed by atoms with E-state index in [1.807, 2.05) is 0 Å². The highest BCUT2D eigenvalue weighted by molar-refractivity contribution is 5.29. The van der Waals surface area contributed by atoms with Gasteiger partial charge in [-0.3, -0.25) is 0 Å². The Morgan fingerprint density at radius 1 is 1.10 bits per heavy atom. The number of likely N-dealkylation sites (tertiary alicyclic amines) is 1. The Morgan fingerprint density at radius 3 is 2.55 bits per heavy atom. The molecule has 1 unspecified atom stereocenters. The van der Waals surface area contributed by atoms with Crippen LogP contribution in [0.15, 0.2) is 24.3 Å². The zero-order chi connectivity index (χ0) is 13.9. The van der Waals surface area contributed by atoms with Gasteiger partial charge in [-0.1, -0.05) is 24.3 Å². The van der Waals surface area contributed by atoms with E-state index in [9.17, 15) is 0 Å². The molecule has 3 rings (SSSR count). The summed E-state index contributed by atoms with van der Waals surface area (Å²) in [5, 5.41) is 0. The van der Waals surface area contributed by atoms with Gasteiger partial charge in [-0.2, -0.15) is 0 Å². The van der Waals surface area contributed by atoms with E-state index >= 15 is 0 Å². The molecule has 0 aromatic heterocycles. The first-order valence-corrected chi connectivity index (χ1v) is 8.18. The van der Waals surface area contributed by atoms with Crippen molar-refractivity contribution in [2.24, 2.45) is 5.92 Å². The Labute approximate surface area is 123 Å². The van der Waals surface area contributed by atoms with Gasteiger partial charge in [0, 0.05) is 12.6 Å². The number of fused-ring (bicyclic) bond motifs is 1. The molecule has 1 aliphatic carbocycles. The van der Waals surface area contributed by atoms with Crippen molar-refractivity contribution < 1.29 is 0 Å². The predicted octanol–water partition coefficient (Wildman–Crippen LogP) is 2.82. The van der Waals surface area contributed by atoms with Crippen molar-refractivity contribution in [1.29, 1.82) is 0 Å². The average Bonchev–Trinajstić information content (AvgIpc) is 2.48. The van der Waals surface area contributed by atoms with Gasteiger partial charge in [0.15, 0.2) is 0 Å². The maximum Gasteiger partial charge on any atom is 0.0117 e. The van der Waals surface area contributed by atoms with Gasteiger partial charge in [-0.05, 0) is 76.3 Å². The standard InChI is InChI=1S/C18H28N2/c1-19-11-9-18(10-12-19)20(2)14-15-7-8-16-5-3-4-6-17(16)13-15/h3-6,15,18H,7-14H2,1-2H3. The van der Waals surface area contributed by atoms with Crippen LogP contribution in [0, 0.1) is 5.92 Å². The van der Waals surface area contributed by atoms with Crippen LogP contribution in [0.4, 0.5) is 0 Å². The van der Waals surface area contributed by atoms with Crippen LogP contribution in [0.1, 0.15) is 30.4 Å². The number of piperidine rings is 1. The molecule has 1 aromatic carbocycles. The predicted molar refractivity (Wildman–Crippen MR) is 85.1 cm³/mol. The minimum Gasteiger partial charge on any atom is -0.306 e. The first-order chi connectivity index (χ1) is 9.72.